The molecule has 0 spiro atoms. The molecule has 0 amide bonds. The Bertz CT molecular complexity index is 954. The molecule has 0 bridgehead atoms. The number of hydrogen-bond acceptors (Lipinski definition) is 6. The van der Waals surface area contributed by atoms with E-state index in [1.54, 1.807) is 19.1 Å². The van der Waals surface area contributed by atoms with E-state index < -0.39 is 0 Å². The highest BCUT2D eigenvalue weighted by molar-refractivity contribution is 5.89. The largest absolute Gasteiger partial charge is 0.462 e. The molecule has 1 aliphatic carbocycles. The van der Waals surface area contributed by atoms with Gasteiger partial charge in [-0.25, -0.2) is 9.78 Å². The van der Waals surface area contributed by atoms with Gasteiger partial charge in [-0.1, -0.05) is 30.3 Å². The highest BCUT2D eigenvalue weighted by atomic mass is 16.5. The van der Waals surface area contributed by atoms with Crippen molar-refractivity contribution in [3.63, 3.8) is 0 Å². The van der Waals surface area contributed by atoms with Crippen molar-refractivity contribution in [3.05, 3.63) is 66.2 Å². The highest BCUT2D eigenvalue weighted by Crippen LogP contribution is 2.27. The maximum absolute atomic E-state index is 11.8. The molecule has 142 valence electrons. The Balaban J connectivity index is 1.58. The van der Waals surface area contributed by atoms with Crippen LogP contribution in [0.1, 0.15) is 30.1 Å². The summed E-state index contributed by atoms with van der Waals surface area (Å²) in [5.41, 5.74) is 3.24. The van der Waals surface area contributed by atoms with Crippen molar-refractivity contribution in [2.75, 3.05) is 17.2 Å². The Kier molecular flexibility index (Phi) is 5.19. The van der Waals surface area contributed by atoms with Crippen LogP contribution >= 0.6 is 0 Å². The zero-order valence-electron chi connectivity index (χ0n) is 15.7. The molecule has 1 saturated carbocycles. The second-order valence-corrected chi connectivity index (χ2v) is 6.67. The first kappa shape index (κ1) is 18.0. The summed E-state index contributed by atoms with van der Waals surface area (Å²) >= 11 is 0. The second kappa shape index (κ2) is 8.08. The molecule has 1 aromatic heterocycles. The maximum Gasteiger partial charge on any atom is 0.338 e. The highest BCUT2D eigenvalue weighted by Gasteiger charge is 2.22. The molecule has 0 atom stereocenters. The van der Waals surface area contributed by atoms with Crippen LogP contribution in [0.15, 0.2) is 60.7 Å². The molecule has 6 nitrogen and oxygen atoms in total. The number of carbonyl (C=O) groups is 1. The van der Waals surface area contributed by atoms with Gasteiger partial charge in [0, 0.05) is 23.4 Å². The summed E-state index contributed by atoms with van der Waals surface area (Å²) in [6, 6.07) is 19.6. The smallest absolute Gasteiger partial charge is 0.338 e. The third-order valence-electron chi connectivity index (χ3n) is 4.37. The summed E-state index contributed by atoms with van der Waals surface area (Å²) in [4.78, 5) is 21.1. The van der Waals surface area contributed by atoms with Crippen LogP contribution in [0, 0.1) is 0 Å². The molecule has 3 aromatic rings. The summed E-state index contributed by atoms with van der Waals surface area (Å²) in [6.45, 7) is 2.15. The van der Waals surface area contributed by atoms with Crippen LogP contribution in [0.25, 0.3) is 11.3 Å². The zero-order valence-corrected chi connectivity index (χ0v) is 15.7. The standard InChI is InChI=1S/C22H22N4O2/c1-2-28-21(27)16-8-10-17(11-9-16)23-20-14-19(15-6-4-3-5-7-15)25-22(26-20)24-18-12-13-18/h3-11,14,18H,2,12-13H2,1H3,(H2,23,24,25,26). The van der Waals surface area contributed by atoms with Crippen molar-refractivity contribution < 1.29 is 9.53 Å². The lowest BCUT2D eigenvalue weighted by Gasteiger charge is -2.11. The van der Waals surface area contributed by atoms with Gasteiger partial charge in [-0.05, 0) is 44.0 Å². The molecular formula is C22H22N4O2. The van der Waals surface area contributed by atoms with E-state index in [0.29, 0.717) is 30.0 Å². The fraction of sp³-hybridized carbons (Fsp3) is 0.227. The van der Waals surface area contributed by atoms with Gasteiger partial charge in [0.2, 0.25) is 5.95 Å². The molecule has 1 aliphatic rings. The average Bonchev–Trinajstić information content (AvgIpc) is 3.53. The van der Waals surface area contributed by atoms with E-state index in [-0.39, 0.29) is 5.97 Å². The number of hydrogen-bond donors (Lipinski definition) is 2. The molecule has 1 heterocycles. The van der Waals surface area contributed by atoms with E-state index in [1.807, 2.05) is 48.5 Å². The number of anilines is 3. The summed E-state index contributed by atoms with van der Waals surface area (Å²) in [5.74, 6) is 0.994. The molecule has 0 unspecified atom stereocenters. The van der Waals surface area contributed by atoms with Gasteiger partial charge in [0.05, 0.1) is 17.9 Å². The average molecular weight is 374 g/mol. The van der Waals surface area contributed by atoms with Crippen LogP contribution in [0.4, 0.5) is 17.5 Å². The van der Waals surface area contributed by atoms with Gasteiger partial charge in [0.15, 0.2) is 0 Å². The number of nitrogens with zero attached hydrogens (tertiary/aromatic N) is 2. The summed E-state index contributed by atoms with van der Waals surface area (Å²) < 4.78 is 5.02. The predicted molar refractivity (Wildman–Crippen MR) is 110 cm³/mol. The number of aromatic nitrogens is 2. The molecule has 2 aromatic carbocycles. The Morgan fingerprint density at radius 1 is 1.07 bits per heavy atom. The van der Waals surface area contributed by atoms with Crippen LogP contribution in [-0.4, -0.2) is 28.6 Å². The maximum atomic E-state index is 11.8. The second-order valence-electron chi connectivity index (χ2n) is 6.67. The number of nitrogens with one attached hydrogen (secondary N) is 2. The van der Waals surface area contributed by atoms with Crippen molar-refractivity contribution in [2.24, 2.45) is 0 Å². The molecule has 4 rings (SSSR count). The minimum atomic E-state index is -0.321. The third-order valence-corrected chi connectivity index (χ3v) is 4.37. The predicted octanol–water partition coefficient (Wildman–Crippen LogP) is 4.64. The normalized spacial score (nSPS) is 13.0. The van der Waals surface area contributed by atoms with E-state index >= 15 is 0 Å². The molecule has 0 aliphatic heterocycles. The first-order valence-corrected chi connectivity index (χ1v) is 9.46. The number of rotatable bonds is 7. The van der Waals surface area contributed by atoms with Gasteiger partial charge in [0.1, 0.15) is 5.82 Å². The minimum absolute atomic E-state index is 0.321. The Hall–Kier alpha value is -3.41. The van der Waals surface area contributed by atoms with Gasteiger partial charge in [-0.2, -0.15) is 4.98 Å². The Morgan fingerprint density at radius 3 is 2.50 bits per heavy atom. The van der Waals surface area contributed by atoms with Crippen LogP contribution in [0.2, 0.25) is 0 Å². The molecule has 1 fully saturated rings. The molecule has 0 saturated heterocycles. The monoisotopic (exact) mass is 374 g/mol. The van der Waals surface area contributed by atoms with Crippen molar-refractivity contribution in [3.8, 4) is 11.3 Å². The van der Waals surface area contributed by atoms with E-state index in [1.165, 1.54) is 0 Å². The van der Waals surface area contributed by atoms with Crippen molar-refractivity contribution in [1.82, 2.24) is 9.97 Å². The van der Waals surface area contributed by atoms with E-state index in [2.05, 4.69) is 20.6 Å². The molecule has 28 heavy (non-hydrogen) atoms. The van der Waals surface area contributed by atoms with Gasteiger partial charge < -0.3 is 15.4 Å². The Morgan fingerprint density at radius 2 is 1.82 bits per heavy atom. The number of benzene rings is 2. The fourth-order valence-corrected chi connectivity index (χ4v) is 2.79. The quantitative estimate of drug-likeness (QED) is 0.587. The van der Waals surface area contributed by atoms with Gasteiger partial charge in [0.25, 0.3) is 0 Å². The van der Waals surface area contributed by atoms with E-state index in [0.717, 1.165) is 29.8 Å². The van der Waals surface area contributed by atoms with Gasteiger partial charge >= 0.3 is 5.97 Å². The number of carbonyl (C=O) groups excluding carboxylic acids is 1. The SMILES string of the molecule is CCOC(=O)c1ccc(Nc2cc(-c3ccccc3)nc(NC3CC3)n2)cc1. The van der Waals surface area contributed by atoms with Crippen molar-refractivity contribution in [2.45, 2.75) is 25.8 Å². The fourth-order valence-electron chi connectivity index (χ4n) is 2.79. The first-order chi connectivity index (χ1) is 13.7. The molecular weight excluding hydrogens is 352 g/mol. The van der Waals surface area contributed by atoms with Crippen LogP contribution in [0.3, 0.4) is 0 Å². The van der Waals surface area contributed by atoms with Crippen molar-refractivity contribution >= 4 is 23.4 Å². The summed E-state index contributed by atoms with van der Waals surface area (Å²) in [6.07, 6.45) is 2.30. The van der Waals surface area contributed by atoms with E-state index in [9.17, 15) is 4.79 Å². The molecule has 6 heteroatoms. The lowest BCUT2D eigenvalue weighted by atomic mass is 10.1. The topological polar surface area (TPSA) is 76.1 Å². The summed E-state index contributed by atoms with van der Waals surface area (Å²) in [7, 11) is 0. The van der Waals surface area contributed by atoms with Crippen LogP contribution < -0.4 is 10.6 Å². The lowest BCUT2D eigenvalue weighted by molar-refractivity contribution is 0.0526. The third kappa shape index (κ3) is 4.46. The van der Waals surface area contributed by atoms with Crippen molar-refractivity contribution in [1.29, 1.82) is 0 Å². The zero-order chi connectivity index (χ0) is 19.3. The van der Waals surface area contributed by atoms with Gasteiger partial charge in [-0.3, -0.25) is 0 Å². The molecule has 2 N–H and O–H groups in total. The first-order valence-electron chi connectivity index (χ1n) is 9.46. The van der Waals surface area contributed by atoms with Crippen LogP contribution in [-0.2, 0) is 4.74 Å². The molecule has 0 radical (unpaired) electrons. The summed E-state index contributed by atoms with van der Waals surface area (Å²) in [5, 5.41) is 6.67. The minimum Gasteiger partial charge on any atom is -0.462 e. The lowest BCUT2D eigenvalue weighted by Crippen LogP contribution is -2.08. The van der Waals surface area contributed by atoms with E-state index in [4.69, 9.17) is 4.74 Å². The van der Waals surface area contributed by atoms with Crippen LogP contribution in [0.5, 0.6) is 0 Å². The Labute approximate surface area is 164 Å². The number of esters is 1. The number of ether oxygens (including phenoxy) is 1. The van der Waals surface area contributed by atoms with Gasteiger partial charge in [-0.15, -0.1) is 0 Å².